The Morgan fingerprint density at radius 3 is 3.06 bits per heavy atom. The molecule has 0 amide bonds. The smallest absolute Gasteiger partial charge is 0.252 e. The number of aromatic amines is 1. The molecule has 0 spiro atoms. The quantitative estimate of drug-likeness (QED) is 0.727. The lowest BCUT2D eigenvalue weighted by atomic mass is 10.1. The van der Waals surface area contributed by atoms with Gasteiger partial charge in [0, 0.05) is 19.0 Å². The van der Waals surface area contributed by atoms with Gasteiger partial charge in [-0.15, -0.1) is 0 Å². The molecule has 1 saturated carbocycles. The van der Waals surface area contributed by atoms with Gasteiger partial charge in [-0.2, -0.15) is 0 Å². The van der Waals surface area contributed by atoms with Crippen LogP contribution in [0.4, 0.5) is 5.82 Å². The van der Waals surface area contributed by atoms with E-state index in [2.05, 4.69) is 15.3 Å². The lowest BCUT2D eigenvalue weighted by Crippen LogP contribution is -2.17. The van der Waals surface area contributed by atoms with E-state index in [0.717, 1.165) is 25.8 Å². The summed E-state index contributed by atoms with van der Waals surface area (Å²) < 4.78 is 0. The van der Waals surface area contributed by atoms with Crippen LogP contribution in [-0.2, 0) is 6.42 Å². The lowest BCUT2D eigenvalue weighted by Gasteiger charge is -2.11. The number of aliphatic hydroxyl groups excluding tert-OH is 1. The van der Waals surface area contributed by atoms with E-state index in [-0.39, 0.29) is 11.7 Å². The molecule has 5 heteroatoms. The summed E-state index contributed by atoms with van der Waals surface area (Å²) in [5.74, 6) is 1.81. The van der Waals surface area contributed by atoms with Crippen LogP contribution in [0.5, 0.6) is 0 Å². The van der Waals surface area contributed by atoms with E-state index in [0.29, 0.717) is 24.0 Å². The molecule has 0 aromatic carbocycles. The Balaban J connectivity index is 1.94. The van der Waals surface area contributed by atoms with Crippen molar-refractivity contribution in [3.8, 4) is 0 Å². The summed E-state index contributed by atoms with van der Waals surface area (Å²) in [4.78, 5) is 18.3. The first-order valence-electron chi connectivity index (χ1n) is 6.19. The predicted octanol–water partition coefficient (Wildman–Crippen LogP) is 0.905. The highest BCUT2D eigenvalue weighted by atomic mass is 16.3. The molecule has 1 aromatic rings. The van der Waals surface area contributed by atoms with Crippen molar-refractivity contribution in [1.82, 2.24) is 9.97 Å². The summed E-state index contributed by atoms with van der Waals surface area (Å²) in [5, 5.41) is 12.6. The van der Waals surface area contributed by atoms with Crippen LogP contribution in [0, 0.1) is 5.92 Å². The minimum atomic E-state index is -0.153. The summed E-state index contributed by atoms with van der Waals surface area (Å²) >= 11 is 0. The Labute approximate surface area is 100 Å². The second kappa shape index (κ2) is 5.31. The van der Waals surface area contributed by atoms with Crippen molar-refractivity contribution in [2.24, 2.45) is 5.92 Å². The molecule has 2 atom stereocenters. The van der Waals surface area contributed by atoms with Gasteiger partial charge in [-0.3, -0.25) is 4.79 Å². The van der Waals surface area contributed by atoms with Gasteiger partial charge in [0.25, 0.3) is 5.56 Å². The minimum absolute atomic E-state index is 0.120. The van der Waals surface area contributed by atoms with Crippen LogP contribution in [0.25, 0.3) is 0 Å². The fourth-order valence-electron chi connectivity index (χ4n) is 2.25. The normalized spacial score (nSPS) is 23.9. The summed E-state index contributed by atoms with van der Waals surface area (Å²) in [7, 11) is 0. The Hall–Kier alpha value is -1.36. The molecule has 1 aromatic heterocycles. The maximum absolute atomic E-state index is 11.3. The van der Waals surface area contributed by atoms with Gasteiger partial charge in [0.15, 0.2) is 0 Å². The number of H-pyrrole nitrogens is 1. The minimum Gasteiger partial charge on any atom is -0.393 e. The lowest BCUT2D eigenvalue weighted by molar-refractivity contribution is 0.178. The maximum atomic E-state index is 11.3. The average Bonchev–Trinajstić information content (AvgIpc) is 2.72. The van der Waals surface area contributed by atoms with Gasteiger partial charge in [-0.05, 0) is 25.2 Å². The average molecular weight is 237 g/mol. The van der Waals surface area contributed by atoms with Crippen LogP contribution in [0.2, 0.25) is 0 Å². The SMILES string of the molecule is CCc1nc(NCC2CCC(O)C2)cc(=O)[nH]1. The third-order valence-corrected chi connectivity index (χ3v) is 3.21. The Kier molecular flexibility index (Phi) is 3.78. The van der Waals surface area contributed by atoms with Crippen molar-refractivity contribution in [3.63, 3.8) is 0 Å². The van der Waals surface area contributed by atoms with E-state index in [4.69, 9.17) is 0 Å². The van der Waals surface area contributed by atoms with Crippen LogP contribution in [0.1, 0.15) is 32.0 Å². The number of rotatable bonds is 4. The molecule has 0 aliphatic heterocycles. The van der Waals surface area contributed by atoms with Gasteiger partial charge < -0.3 is 15.4 Å². The van der Waals surface area contributed by atoms with Gasteiger partial charge >= 0.3 is 0 Å². The monoisotopic (exact) mass is 237 g/mol. The number of anilines is 1. The van der Waals surface area contributed by atoms with E-state index in [9.17, 15) is 9.90 Å². The number of nitrogens with one attached hydrogen (secondary N) is 2. The number of aliphatic hydroxyl groups is 1. The molecular formula is C12H19N3O2. The van der Waals surface area contributed by atoms with Crippen LogP contribution in [0.3, 0.4) is 0 Å². The number of hydrogen-bond acceptors (Lipinski definition) is 4. The molecule has 17 heavy (non-hydrogen) atoms. The Morgan fingerprint density at radius 1 is 1.59 bits per heavy atom. The molecule has 94 valence electrons. The fraction of sp³-hybridized carbons (Fsp3) is 0.667. The first-order valence-corrected chi connectivity index (χ1v) is 6.19. The molecule has 2 unspecified atom stereocenters. The van der Waals surface area contributed by atoms with E-state index >= 15 is 0 Å². The van der Waals surface area contributed by atoms with E-state index in [1.165, 1.54) is 6.07 Å². The van der Waals surface area contributed by atoms with Crippen LogP contribution < -0.4 is 10.9 Å². The van der Waals surface area contributed by atoms with E-state index < -0.39 is 0 Å². The second-order valence-corrected chi connectivity index (χ2v) is 4.64. The van der Waals surface area contributed by atoms with Gasteiger partial charge in [-0.1, -0.05) is 6.92 Å². The Morgan fingerprint density at radius 2 is 2.41 bits per heavy atom. The van der Waals surface area contributed by atoms with Crippen molar-refractivity contribution in [1.29, 1.82) is 0 Å². The molecular weight excluding hydrogens is 218 g/mol. The summed E-state index contributed by atoms with van der Waals surface area (Å²) in [6.07, 6.45) is 3.33. The van der Waals surface area contributed by atoms with Crippen molar-refractivity contribution >= 4 is 5.82 Å². The zero-order valence-corrected chi connectivity index (χ0v) is 10.1. The van der Waals surface area contributed by atoms with Crippen molar-refractivity contribution in [2.45, 2.75) is 38.7 Å². The molecule has 1 aliphatic carbocycles. The molecule has 1 heterocycles. The number of aryl methyl sites for hydroxylation is 1. The van der Waals surface area contributed by atoms with Gasteiger partial charge in [-0.25, -0.2) is 4.98 Å². The van der Waals surface area contributed by atoms with Crippen LogP contribution in [-0.4, -0.2) is 27.7 Å². The zero-order chi connectivity index (χ0) is 12.3. The van der Waals surface area contributed by atoms with Gasteiger partial charge in [0.1, 0.15) is 11.6 Å². The van der Waals surface area contributed by atoms with Crippen molar-refractivity contribution in [3.05, 3.63) is 22.2 Å². The highest BCUT2D eigenvalue weighted by Crippen LogP contribution is 2.25. The zero-order valence-electron chi connectivity index (χ0n) is 10.1. The number of nitrogens with zero attached hydrogens (tertiary/aromatic N) is 1. The van der Waals surface area contributed by atoms with Gasteiger partial charge in [0.05, 0.1) is 6.10 Å². The standard InChI is InChI=1S/C12H19N3O2/c1-2-10-14-11(6-12(17)15-10)13-7-8-3-4-9(16)5-8/h6,8-9,16H,2-5,7H2,1H3,(H2,13,14,15,17). The molecule has 0 bridgehead atoms. The third kappa shape index (κ3) is 3.30. The predicted molar refractivity (Wildman–Crippen MR) is 66.1 cm³/mol. The maximum Gasteiger partial charge on any atom is 0.252 e. The van der Waals surface area contributed by atoms with Gasteiger partial charge in [0.2, 0.25) is 0 Å². The molecule has 5 nitrogen and oxygen atoms in total. The fourth-order valence-corrected chi connectivity index (χ4v) is 2.25. The second-order valence-electron chi connectivity index (χ2n) is 4.64. The summed E-state index contributed by atoms with van der Waals surface area (Å²) in [6.45, 7) is 2.73. The largest absolute Gasteiger partial charge is 0.393 e. The molecule has 2 rings (SSSR count). The molecule has 3 N–H and O–H groups in total. The van der Waals surface area contributed by atoms with E-state index in [1.54, 1.807) is 0 Å². The van der Waals surface area contributed by atoms with E-state index in [1.807, 2.05) is 6.92 Å². The highest BCUT2D eigenvalue weighted by Gasteiger charge is 2.22. The topological polar surface area (TPSA) is 78.0 Å². The first kappa shape index (κ1) is 12.1. The summed E-state index contributed by atoms with van der Waals surface area (Å²) in [6, 6.07) is 1.48. The number of aromatic nitrogens is 2. The van der Waals surface area contributed by atoms with Crippen molar-refractivity contribution in [2.75, 3.05) is 11.9 Å². The highest BCUT2D eigenvalue weighted by molar-refractivity contribution is 5.33. The third-order valence-electron chi connectivity index (χ3n) is 3.21. The molecule has 0 radical (unpaired) electrons. The van der Waals surface area contributed by atoms with Crippen LogP contribution in [0.15, 0.2) is 10.9 Å². The summed E-state index contributed by atoms with van der Waals surface area (Å²) in [5.41, 5.74) is -0.120. The number of hydrogen-bond donors (Lipinski definition) is 3. The van der Waals surface area contributed by atoms with Crippen molar-refractivity contribution < 1.29 is 5.11 Å². The molecule has 0 saturated heterocycles. The Bertz CT molecular complexity index is 430. The first-order chi connectivity index (χ1) is 8.17. The molecule has 1 aliphatic rings. The molecule has 1 fully saturated rings. The van der Waals surface area contributed by atoms with Crippen LogP contribution >= 0.6 is 0 Å².